The van der Waals surface area contributed by atoms with E-state index in [1.54, 1.807) is 6.92 Å². The first-order chi connectivity index (χ1) is 9.04. The number of carbonyl (C=O) groups excluding carboxylic acids is 1. The molecular formula is C15H11F3O. The van der Waals surface area contributed by atoms with Crippen molar-refractivity contribution in [3.8, 4) is 11.1 Å². The van der Waals surface area contributed by atoms with E-state index in [9.17, 15) is 18.0 Å². The molecule has 2 aromatic carbocycles. The summed E-state index contributed by atoms with van der Waals surface area (Å²) in [6.45, 7) is 1.65. The molecule has 0 aliphatic heterocycles. The van der Waals surface area contributed by atoms with Gasteiger partial charge >= 0.3 is 0 Å². The Bertz CT molecular complexity index is 635. The summed E-state index contributed by atoms with van der Waals surface area (Å²) in [5.74, 6) is -2.97. The predicted molar refractivity (Wildman–Crippen MR) is 66.4 cm³/mol. The average Bonchev–Trinajstić information content (AvgIpc) is 2.41. The van der Waals surface area contributed by atoms with Gasteiger partial charge in [-0.1, -0.05) is 19.1 Å². The van der Waals surface area contributed by atoms with Gasteiger partial charge < -0.3 is 0 Å². The van der Waals surface area contributed by atoms with Gasteiger partial charge in [0.15, 0.2) is 17.4 Å². The SMILES string of the molecule is CCC(=O)c1ccc(F)cc1-c1cccc(F)c1F. The van der Waals surface area contributed by atoms with E-state index in [0.29, 0.717) is 0 Å². The van der Waals surface area contributed by atoms with Gasteiger partial charge in [0.25, 0.3) is 0 Å². The minimum absolute atomic E-state index is 0.0730. The van der Waals surface area contributed by atoms with Crippen LogP contribution in [0.3, 0.4) is 0 Å². The molecule has 0 spiro atoms. The topological polar surface area (TPSA) is 17.1 Å². The molecule has 0 aliphatic carbocycles. The first kappa shape index (κ1) is 13.3. The summed E-state index contributed by atoms with van der Waals surface area (Å²) < 4.78 is 40.3. The highest BCUT2D eigenvalue weighted by Crippen LogP contribution is 2.29. The largest absolute Gasteiger partial charge is 0.294 e. The fraction of sp³-hybridized carbons (Fsp3) is 0.133. The summed E-state index contributed by atoms with van der Waals surface area (Å²) >= 11 is 0. The van der Waals surface area contributed by atoms with E-state index in [-0.39, 0.29) is 28.9 Å². The van der Waals surface area contributed by atoms with Crippen LogP contribution in [-0.2, 0) is 0 Å². The molecule has 0 bridgehead atoms. The lowest BCUT2D eigenvalue weighted by Crippen LogP contribution is -2.02. The monoisotopic (exact) mass is 264 g/mol. The van der Waals surface area contributed by atoms with Gasteiger partial charge in [-0.05, 0) is 29.8 Å². The molecular weight excluding hydrogens is 253 g/mol. The minimum Gasteiger partial charge on any atom is -0.294 e. The number of hydrogen-bond acceptors (Lipinski definition) is 1. The lowest BCUT2D eigenvalue weighted by molar-refractivity contribution is 0.0988. The Morgan fingerprint density at radius 1 is 1.05 bits per heavy atom. The molecule has 0 fully saturated rings. The smallest absolute Gasteiger partial charge is 0.166 e. The van der Waals surface area contributed by atoms with Crippen molar-refractivity contribution in [1.82, 2.24) is 0 Å². The third-order valence-corrected chi connectivity index (χ3v) is 2.84. The molecule has 2 aromatic rings. The van der Waals surface area contributed by atoms with Crippen LogP contribution >= 0.6 is 0 Å². The summed E-state index contributed by atoms with van der Waals surface area (Å²) in [7, 11) is 0. The van der Waals surface area contributed by atoms with Crippen molar-refractivity contribution >= 4 is 5.78 Å². The highest BCUT2D eigenvalue weighted by molar-refractivity contribution is 6.02. The maximum atomic E-state index is 13.8. The second-order valence-corrected chi connectivity index (χ2v) is 4.07. The molecule has 4 heteroatoms. The van der Waals surface area contributed by atoms with Gasteiger partial charge in [-0.2, -0.15) is 0 Å². The Labute approximate surface area is 108 Å². The molecule has 0 atom stereocenters. The first-order valence-corrected chi connectivity index (χ1v) is 5.81. The van der Waals surface area contributed by atoms with Gasteiger partial charge in [0.05, 0.1) is 0 Å². The van der Waals surface area contributed by atoms with Crippen molar-refractivity contribution in [1.29, 1.82) is 0 Å². The first-order valence-electron chi connectivity index (χ1n) is 5.81. The van der Waals surface area contributed by atoms with E-state index in [2.05, 4.69) is 0 Å². The molecule has 1 nitrogen and oxygen atoms in total. The van der Waals surface area contributed by atoms with Crippen molar-refractivity contribution < 1.29 is 18.0 Å². The molecule has 0 amide bonds. The molecule has 19 heavy (non-hydrogen) atoms. The number of hydrogen-bond donors (Lipinski definition) is 0. The Balaban J connectivity index is 2.70. The number of halogens is 3. The van der Waals surface area contributed by atoms with Gasteiger partial charge in [0.2, 0.25) is 0 Å². The molecule has 0 saturated heterocycles. The Kier molecular flexibility index (Phi) is 3.69. The Morgan fingerprint density at radius 2 is 1.79 bits per heavy atom. The molecule has 0 radical (unpaired) electrons. The van der Waals surface area contributed by atoms with Gasteiger partial charge in [-0.3, -0.25) is 4.79 Å². The van der Waals surface area contributed by atoms with Crippen molar-refractivity contribution in [2.45, 2.75) is 13.3 Å². The van der Waals surface area contributed by atoms with E-state index in [1.807, 2.05) is 0 Å². The number of ketones is 1. The number of rotatable bonds is 3. The van der Waals surface area contributed by atoms with Crippen LogP contribution in [0.2, 0.25) is 0 Å². The quantitative estimate of drug-likeness (QED) is 0.752. The summed E-state index contributed by atoms with van der Waals surface area (Å²) in [4.78, 5) is 11.8. The van der Waals surface area contributed by atoms with Gasteiger partial charge in [0, 0.05) is 17.5 Å². The van der Waals surface area contributed by atoms with E-state index < -0.39 is 17.5 Å². The van der Waals surface area contributed by atoms with Crippen LogP contribution in [0.15, 0.2) is 36.4 Å². The van der Waals surface area contributed by atoms with Crippen LogP contribution in [0.25, 0.3) is 11.1 Å². The van der Waals surface area contributed by atoms with Crippen LogP contribution in [-0.4, -0.2) is 5.78 Å². The molecule has 0 heterocycles. The number of Topliss-reactive ketones (excluding diaryl/α,β-unsaturated/α-hetero) is 1. The van der Waals surface area contributed by atoms with Crippen molar-refractivity contribution in [2.24, 2.45) is 0 Å². The molecule has 0 unspecified atom stereocenters. The summed E-state index contributed by atoms with van der Waals surface area (Å²) in [5.41, 5.74) is 0.147. The number of benzene rings is 2. The highest BCUT2D eigenvalue weighted by atomic mass is 19.2. The fourth-order valence-corrected chi connectivity index (χ4v) is 1.88. The van der Waals surface area contributed by atoms with Gasteiger partial charge in [-0.15, -0.1) is 0 Å². The average molecular weight is 264 g/mol. The van der Waals surface area contributed by atoms with Crippen LogP contribution in [0.1, 0.15) is 23.7 Å². The van der Waals surface area contributed by atoms with E-state index in [0.717, 1.165) is 18.2 Å². The van der Waals surface area contributed by atoms with Crippen molar-refractivity contribution in [3.05, 3.63) is 59.4 Å². The third kappa shape index (κ3) is 2.52. The van der Waals surface area contributed by atoms with Crippen LogP contribution in [0.4, 0.5) is 13.2 Å². The highest BCUT2D eigenvalue weighted by Gasteiger charge is 2.17. The second-order valence-electron chi connectivity index (χ2n) is 4.07. The standard InChI is InChI=1S/C15H11F3O/c1-2-14(19)10-7-6-9(16)8-12(10)11-4-3-5-13(17)15(11)18/h3-8H,2H2,1H3. The van der Waals surface area contributed by atoms with Crippen LogP contribution < -0.4 is 0 Å². The van der Waals surface area contributed by atoms with Crippen LogP contribution in [0, 0.1) is 17.5 Å². The third-order valence-electron chi connectivity index (χ3n) is 2.84. The molecule has 0 N–H and O–H groups in total. The molecule has 2 rings (SSSR count). The zero-order valence-electron chi connectivity index (χ0n) is 10.2. The molecule has 98 valence electrons. The van der Waals surface area contributed by atoms with E-state index in [4.69, 9.17) is 0 Å². The number of carbonyl (C=O) groups is 1. The zero-order valence-corrected chi connectivity index (χ0v) is 10.2. The second kappa shape index (κ2) is 5.26. The minimum atomic E-state index is -1.08. The van der Waals surface area contributed by atoms with Crippen molar-refractivity contribution in [3.63, 3.8) is 0 Å². The normalized spacial score (nSPS) is 10.5. The van der Waals surface area contributed by atoms with Crippen LogP contribution in [0.5, 0.6) is 0 Å². The van der Waals surface area contributed by atoms with E-state index in [1.165, 1.54) is 18.2 Å². The molecule has 0 saturated carbocycles. The summed E-state index contributed by atoms with van der Waals surface area (Å²) in [5, 5.41) is 0. The van der Waals surface area contributed by atoms with E-state index >= 15 is 0 Å². The molecule has 0 aliphatic rings. The zero-order chi connectivity index (χ0) is 14.0. The van der Waals surface area contributed by atoms with Gasteiger partial charge in [-0.25, -0.2) is 13.2 Å². The maximum absolute atomic E-state index is 13.8. The van der Waals surface area contributed by atoms with Gasteiger partial charge in [0.1, 0.15) is 5.82 Å². The van der Waals surface area contributed by atoms with Crippen molar-refractivity contribution in [2.75, 3.05) is 0 Å². The lowest BCUT2D eigenvalue weighted by Gasteiger charge is -2.09. The maximum Gasteiger partial charge on any atom is 0.166 e. The Morgan fingerprint density at radius 3 is 2.47 bits per heavy atom. The molecule has 0 aromatic heterocycles. The summed E-state index contributed by atoms with van der Waals surface area (Å²) in [6.07, 6.45) is 0.204. The summed E-state index contributed by atoms with van der Waals surface area (Å²) in [6, 6.07) is 7.07. The predicted octanol–water partition coefficient (Wildman–Crippen LogP) is 4.36. The lowest BCUT2D eigenvalue weighted by atomic mass is 9.95. The Hall–Kier alpha value is -2.10. The fourth-order valence-electron chi connectivity index (χ4n) is 1.88.